The third-order valence-electron chi connectivity index (χ3n) is 3.10. The normalized spacial score (nSPS) is 11.9. The van der Waals surface area contributed by atoms with Crippen LogP contribution in [0, 0.1) is 13.8 Å². The minimum atomic E-state index is 1.01. The highest BCUT2D eigenvalue weighted by molar-refractivity contribution is 4.92. The quantitative estimate of drug-likeness (QED) is 0.259. The van der Waals surface area contributed by atoms with E-state index in [0.717, 1.165) is 25.7 Å². The molecule has 0 aliphatic carbocycles. The molecule has 0 aromatic heterocycles. The van der Waals surface area contributed by atoms with E-state index in [1.807, 2.05) is 0 Å². The molecule has 0 aliphatic rings. The molecule has 0 atom stereocenters. The molecular weight excluding hydrogens is 216 g/mol. The summed E-state index contributed by atoms with van der Waals surface area (Å²) in [7, 11) is 0. The van der Waals surface area contributed by atoms with Crippen molar-refractivity contribution in [1.82, 2.24) is 0 Å². The SMILES string of the molecule is [CH2]CCC=CCC=CCCCCCCCCC[CH2]. The van der Waals surface area contributed by atoms with Crippen LogP contribution in [0.1, 0.15) is 77.0 Å². The lowest BCUT2D eigenvalue weighted by molar-refractivity contribution is 0.583. The molecule has 104 valence electrons. The first-order valence-corrected chi connectivity index (χ1v) is 7.80. The zero-order valence-electron chi connectivity index (χ0n) is 12.2. The van der Waals surface area contributed by atoms with Crippen LogP contribution in [0.2, 0.25) is 0 Å². The molecule has 0 spiro atoms. The average Bonchev–Trinajstić information content (AvgIpc) is 2.39. The third-order valence-corrected chi connectivity index (χ3v) is 3.10. The molecule has 18 heavy (non-hydrogen) atoms. The van der Waals surface area contributed by atoms with Gasteiger partial charge in [0.15, 0.2) is 0 Å². The molecule has 0 aliphatic heterocycles. The van der Waals surface area contributed by atoms with Gasteiger partial charge in [-0.2, -0.15) is 0 Å². The van der Waals surface area contributed by atoms with E-state index in [2.05, 4.69) is 38.2 Å². The first kappa shape index (κ1) is 17.5. The van der Waals surface area contributed by atoms with Gasteiger partial charge in [0.2, 0.25) is 0 Å². The maximum Gasteiger partial charge on any atom is -0.0169 e. The summed E-state index contributed by atoms with van der Waals surface area (Å²) in [5.41, 5.74) is 0. The highest BCUT2D eigenvalue weighted by atomic mass is 14.0. The lowest BCUT2D eigenvalue weighted by atomic mass is 10.1. The standard InChI is InChI=1S/C18H32/c1-3-5-7-9-11-13-15-17-18-16-14-12-10-8-6-4-2/h7,9,13,15H,1-6,8,10-12,14,16-18H2. The molecule has 0 saturated carbocycles. The predicted octanol–water partition coefficient (Wildman–Crippen LogP) is 6.45. The number of hydrogen-bond acceptors (Lipinski definition) is 0. The average molecular weight is 248 g/mol. The highest BCUT2D eigenvalue weighted by Gasteiger charge is 1.90. The van der Waals surface area contributed by atoms with Gasteiger partial charge in [-0.05, 0) is 32.1 Å². The van der Waals surface area contributed by atoms with Crippen molar-refractivity contribution in [2.75, 3.05) is 0 Å². The summed E-state index contributed by atoms with van der Waals surface area (Å²) < 4.78 is 0. The van der Waals surface area contributed by atoms with Crippen LogP contribution in [-0.2, 0) is 0 Å². The van der Waals surface area contributed by atoms with Gasteiger partial charge in [-0.15, -0.1) is 0 Å². The molecule has 2 radical (unpaired) electrons. The number of allylic oxidation sites excluding steroid dienone is 4. The van der Waals surface area contributed by atoms with E-state index in [1.165, 1.54) is 51.4 Å². The van der Waals surface area contributed by atoms with Crippen molar-refractivity contribution >= 4 is 0 Å². The third kappa shape index (κ3) is 15.5. The Labute approximate surface area is 116 Å². The van der Waals surface area contributed by atoms with Crippen LogP contribution in [0.4, 0.5) is 0 Å². The Balaban J connectivity index is 3.08. The minimum absolute atomic E-state index is 1.01. The summed E-state index contributed by atoms with van der Waals surface area (Å²) in [6.07, 6.45) is 24.3. The van der Waals surface area contributed by atoms with Gasteiger partial charge < -0.3 is 0 Å². The second-order valence-corrected chi connectivity index (χ2v) is 4.94. The molecule has 0 heterocycles. The molecule has 0 saturated heterocycles. The van der Waals surface area contributed by atoms with Crippen LogP contribution in [0.15, 0.2) is 24.3 Å². The van der Waals surface area contributed by atoms with Crippen LogP contribution in [-0.4, -0.2) is 0 Å². The van der Waals surface area contributed by atoms with E-state index in [0.29, 0.717) is 0 Å². The summed E-state index contributed by atoms with van der Waals surface area (Å²) in [6.45, 7) is 7.68. The fraction of sp³-hybridized carbons (Fsp3) is 0.667. The molecule has 0 N–H and O–H groups in total. The second kappa shape index (κ2) is 16.5. The van der Waals surface area contributed by atoms with Gasteiger partial charge in [0, 0.05) is 0 Å². The van der Waals surface area contributed by atoms with Gasteiger partial charge >= 0.3 is 0 Å². The highest BCUT2D eigenvalue weighted by Crippen LogP contribution is 2.09. The Morgan fingerprint density at radius 3 is 1.67 bits per heavy atom. The molecule has 0 fully saturated rings. The Hall–Kier alpha value is -0.520. The molecule has 0 aromatic rings. The van der Waals surface area contributed by atoms with Crippen LogP contribution in [0.5, 0.6) is 0 Å². The van der Waals surface area contributed by atoms with Crippen molar-refractivity contribution in [1.29, 1.82) is 0 Å². The van der Waals surface area contributed by atoms with Gasteiger partial charge in [0.05, 0.1) is 0 Å². The first-order valence-electron chi connectivity index (χ1n) is 7.80. The summed E-state index contributed by atoms with van der Waals surface area (Å²) in [5.74, 6) is 0. The van der Waals surface area contributed by atoms with E-state index >= 15 is 0 Å². The maximum absolute atomic E-state index is 3.87. The predicted molar refractivity (Wildman–Crippen MR) is 84.4 cm³/mol. The fourth-order valence-corrected chi connectivity index (χ4v) is 1.95. The number of hydrogen-bond donors (Lipinski definition) is 0. The van der Waals surface area contributed by atoms with Crippen LogP contribution in [0.25, 0.3) is 0 Å². The molecule has 0 rings (SSSR count). The van der Waals surface area contributed by atoms with Crippen molar-refractivity contribution in [3.05, 3.63) is 38.2 Å². The van der Waals surface area contributed by atoms with Gasteiger partial charge in [-0.1, -0.05) is 83.1 Å². The van der Waals surface area contributed by atoms with Crippen molar-refractivity contribution < 1.29 is 0 Å². The summed E-state index contributed by atoms with van der Waals surface area (Å²) in [5, 5.41) is 0. The van der Waals surface area contributed by atoms with E-state index < -0.39 is 0 Å². The lowest BCUT2D eigenvalue weighted by Crippen LogP contribution is -1.79. The van der Waals surface area contributed by atoms with Gasteiger partial charge in [-0.3, -0.25) is 0 Å². The molecule has 0 aromatic carbocycles. The largest absolute Gasteiger partial charge is 0.0882 e. The van der Waals surface area contributed by atoms with E-state index in [-0.39, 0.29) is 0 Å². The van der Waals surface area contributed by atoms with Crippen molar-refractivity contribution in [3.8, 4) is 0 Å². The van der Waals surface area contributed by atoms with Gasteiger partial charge in [0.25, 0.3) is 0 Å². The topological polar surface area (TPSA) is 0 Å². The molecule has 0 heteroatoms. The van der Waals surface area contributed by atoms with Crippen molar-refractivity contribution in [2.24, 2.45) is 0 Å². The molecule has 0 nitrogen and oxygen atoms in total. The minimum Gasteiger partial charge on any atom is -0.0882 e. The Bertz CT molecular complexity index is 188. The summed E-state index contributed by atoms with van der Waals surface area (Å²) >= 11 is 0. The van der Waals surface area contributed by atoms with Crippen LogP contribution < -0.4 is 0 Å². The maximum atomic E-state index is 3.87. The number of rotatable bonds is 13. The second-order valence-electron chi connectivity index (χ2n) is 4.94. The zero-order valence-corrected chi connectivity index (χ0v) is 12.2. The fourth-order valence-electron chi connectivity index (χ4n) is 1.95. The monoisotopic (exact) mass is 248 g/mol. The van der Waals surface area contributed by atoms with Crippen molar-refractivity contribution in [2.45, 2.75) is 77.0 Å². The summed E-state index contributed by atoms with van der Waals surface area (Å²) in [4.78, 5) is 0. The van der Waals surface area contributed by atoms with Crippen molar-refractivity contribution in [3.63, 3.8) is 0 Å². The van der Waals surface area contributed by atoms with E-state index in [9.17, 15) is 0 Å². The summed E-state index contributed by atoms with van der Waals surface area (Å²) in [6, 6.07) is 0. The zero-order chi connectivity index (χ0) is 13.3. The molecule has 0 amide bonds. The molecule has 0 bridgehead atoms. The number of unbranched alkanes of at least 4 members (excludes halogenated alkanes) is 9. The van der Waals surface area contributed by atoms with Gasteiger partial charge in [-0.25, -0.2) is 0 Å². The molecular formula is C18H32. The Morgan fingerprint density at radius 2 is 1.06 bits per heavy atom. The van der Waals surface area contributed by atoms with E-state index in [4.69, 9.17) is 0 Å². The van der Waals surface area contributed by atoms with Gasteiger partial charge in [0.1, 0.15) is 0 Å². The first-order chi connectivity index (χ1) is 8.91. The van der Waals surface area contributed by atoms with E-state index in [1.54, 1.807) is 0 Å². The lowest BCUT2D eigenvalue weighted by Gasteiger charge is -1.99. The van der Waals surface area contributed by atoms with Crippen LogP contribution >= 0.6 is 0 Å². The van der Waals surface area contributed by atoms with Crippen LogP contribution in [0.3, 0.4) is 0 Å². The Kier molecular flexibility index (Phi) is 16.0. The Morgan fingerprint density at radius 1 is 0.500 bits per heavy atom. The molecule has 0 unspecified atom stereocenters. The smallest absolute Gasteiger partial charge is 0.0169 e.